The van der Waals surface area contributed by atoms with Gasteiger partial charge < -0.3 is 10.6 Å². The van der Waals surface area contributed by atoms with E-state index in [1.807, 2.05) is 26.0 Å². The van der Waals surface area contributed by atoms with Crippen molar-refractivity contribution in [1.82, 2.24) is 10.3 Å². The van der Waals surface area contributed by atoms with Gasteiger partial charge in [-0.2, -0.15) is 0 Å². The van der Waals surface area contributed by atoms with Gasteiger partial charge in [-0.3, -0.25) is 9.78 Å². The first-order valence-electron chi connectivity index (χ1n) is 8.33. The number of rotatable bonds is 5. The number of amides is 1. The van der Waals surface area contributed by atoms with E-state index in [1.54, 1.807) is 30.6 Å². The van der Waals surface area contributed by atoms with Gasteiger partial charge in [-0.25, -0.2) is 0 Å². The van der Waals surface area contributed by atoms with Gasteiger partial charge in [-0.15, -0.1) is 0 Å². The predicted octanol–water partition coefficient (Wildman–Crippen LogP) is 5.03. The molecule has 0 spiro atoms. The Bertz CT molecular complexity index is 923. The van der Waals surface area contributed by atoms with Crippen LogP contribution in [0.4, 0.5) is 11.4 Å². The van der Waals surface area contributed by atoms with Crippen molar-refractivity contribution in [3.05, 3.63) is 88.2 Å². The molecule has 3 rings (SSSR count). The normalized spacial score (nSPS) is 10.4. The van der Waals surface area contributed by atoms with Crippen LogP contribution in [0.15, 0.2) is 60.9 Å². The number of anilines is 2. The van der Waals surface area contributed by atoms with E-state index in [0.717, 1.165) is 22.5 Å². The monoisotopic (exact) mass is 365 g/mol. The van der Waals surface area contributed by atoms with Crippen molar-refractivity contribution in [2.45, 2.75) is 20.4 Å². The summed E-state index contributed by atoms with van der Waals surface area (Å²) in [4.78, 5) is 16.6. The first kappa shape index (κ1) is 18.0. The lowest BCUT2D eigenvalue weighted by atomic mass is 10.1. The number of carbonyl (C=O) groups is 1. The summed E-state index contributed by atoms with van der Waals surface area (Å²) in [6.07, 6.45) is 3.27. The minimum atomic E-state index is -0.169. The summed E-state index contributed by atoms with van der Waals surface area (Å²) in [5.74, 6) is -0.169. The van der Waals surface area contributed by atoms with Crippen molar-refractivity contribution in [1.29, 1.82) is 0 Å². The first-order chi connectivity index (χ1) is 12.5. The quantitative estimate of drug-likeness (QED) is 0.667. The Morgan fingerprint density at radius 2 is 1.81 bits per heavy atom. The average Bonchev–Trinajstić information content (AvgIpc) is 2.64. The van der Waals surface area contributed by atoms with E-state index >= 15 is 0 Å². The molecule has 0 radical (unpaired) electrons. The maximum atomic E-state index is 12.4. The number of hydrogen-bond donors (Lipinski definition) is 2. The second-order valence-corrected chi connectivity index (χ2v) is 6.65. The van der Waals surface area contributed by atoms with E-state index < -0.39 is 0 Å². The standard InChI is InChI=1S/C21H20ClN3O/c1-14-3-4-15(2)20(9-14)25-19-10-17(12-23-13-19)21(26)24-11-16-5-7-18(22)8-6-16/h3-10,12-13,25H,11H2,1-2H3,(H,24,26). The summed E-state index contributed by atoms with van der Waals surface area (Å²) in [5, 5.41) is 6.90. The minimum absolute atomic E-state index is 0.169. The molecule has 26 heavy (non-hydrogen) atoms. The van der Waals surface area contributed by atoms with Crippen molar-refractivity contribution in [3.8, 4) is 0 Å². The van der Waals surface area contributed by atoms with E-state index in [4.69, 9.17) is 11.6 Å². The highest BCUT2D eigenvalue weighted by Gasteiger charge is 2.08. The molecule has 4 nitrogen and oxygen atoms in total. The average molecular weight is 366 g/mol. The number of nitrogens with one attached hydrogen (secondary N) is 2. The van der Waals surface area contributed by atoms with Crippen molar-refractivity contribution in [3.63, 3.8) is 0 Å². The van der Waals surface area contributed by atoms with Gasteiger partial charge in [-0.1, -0.05) is 35.9 Å². The zero-order valence-electron chi connectivity index (χ0n) is 14.7. The maximum Gasteiger partial charge on any atom is 0.253 e. The number of hydrogen-bond acceptors (Lipinski definition) is 3. The van der Waals surface area contributed by atoms with Gasteiger partial charge in [0.25, 0.3) is 5.91 Å². The summed E-state index contributed by atoms with van der Waals surface area (Å²) in [7, 11) is 0. The Balaban J connectivity index is 1.69. The molecule has 0 aliphatic carbocycles. The summed E-state index contributed by atoms with van der Waals surface area (Å²) >= 11 is 5.87. The Labute approximate surface area is 158 Å². The van der Waals surface area contributed by atoms with Crippen LogP contribution in [-0.4, -0.2) is 10.9 Å². The van der Waals surface area contributed by atoms with Gasteiger partial charge >= 0.3 is 0 Å². The lowest BCUT2D eigenvalue weighted by Gasteiger charge is -2.11. The third-order valence-corrected chi connectivity index (χ3v) is 4.29. The topological polar surface area (TPSA) is 54.0 Å². The number of aryl methyl sites for hydroxylation is 2. The number of aromatic nitrogens is 1. The molecule has 1 aromatic heterocycles. The maximum absolute atomic E-state index is 12.4. The second kappa shape index (κ2) is 8.02. The molecule has 2 N–H and O–H groups in total. The number of carbonyl (C=O) groups excluding carboxylic acids is 1. The predicted molar refractivity (Wildman–Crippen MR) is 106 cm³/mol. The van der Waals surface area contributed by atoms with Gasteiger partial charge in [0.1, 0.15) is 0 Å². The van der Waals surface area contributed by atoms with E-state index in [2.05, 4.69) is 33.8 Å². The lowest BCUT2D eigenvalue weighted by molar-refractivity contribution is 0.0950. The van der Waals surface area contributed by atoms with Crippen LogP contribution in [0.25, 0.3) is 0 Å². The molecule has 132 valence electrons. The summed E-state index contributed by atoms with van der Waals surface area (Å²) in [5.41, 5.74) is 5.58. The highest BCUT2D eigenvalue weighted by atomic mass is 35.5. The number of halogens is 1. The van der Waals surface area contributed by atoms with Gasteiger partial charge in [0.15, 0.2) is 0 Å². The molecule has 0 aliphatic heterocycles. The Morgan fingerprint density at radius 1 is 1.04 bits per heavy atom. The lowest BCUT2D eigenvalue weighted by Crippen LogP contribution is -2.23. The van der Waals surface area contributed by atoms with Crippen molar-refractivity contribution >= 4 is 28.9 Å². The third-order valence-electron chi connectivity index (χ3n) is 4.04. The van der Waals surface area contributed by atoms with E-state index in [0.29, 0.717) is 17.1 Å². The zero-order chi connectivity index (χ0) is 18.5. The summed E-state index contributed by atoms with van der Waals surface area (Å²) in [6, 6.07) is 15.4. The highest BCUT2D eigenvalue weighted by Crippen LogP contribution is 2.22. The van der Waals surface area contributed by atoms with Crippen LogP contribution in [0.3, 0.4) is 0 Å². The van der Waals surface area contributed by atoms with Gasteiger partial charge in [0.2, 0.25) is 0 Å². The van der Waals surface area contributed by atoms with Crippen molar-refractivity contribution in [2.24, 2.45) is 0 Å². The van der Waals surface area contributed by atoms with E-state index in [-0.39, 0.29) is 5.91 Å². The van der Waals surface area contributed by atoms with Crippen LogP contribution in [0.2, 0.25) is 5.02 Å². The van der Waals surface area contributed by atoms with E-state index in [9.17, 15) is 4.79 Å². The molecular weight excluding hydrogens is 346 g/mol. The molecule has 0 bridgehead atoms. The summed E-state index contributed by atoms with van der Waals surface area (Å²) in [6.45, 7) is 4.52. The molecule has 1 heterocycles. The Morgan fingerprint density at radius 3 is 2.58 bits per heavy atom. The molecule has 2 aromatic carbocycles. The van der Waals surface area contributed by atoms with Crippen LogP contribution in [0, 0.1) is 13.8 Å². The van der Waals surface area contributed by atoms with Crippen LogP contribution in [0.1, 0.15) is 27.0 Å². The zero-order valence-corrected chi connectivity index (χ0v) is 15.5. The van der Waals surface area contributed by atoms with Crippen LogP contribution in [-0.2, 0) is 6.54 Å². The molecule has 0 atom stereocenters. The van der Waals surface area contributed by atoms with Crippen LogP contribution >= 0.6 is 11.6 Å². The number of nitrogens with zero attached hydrogens (tertiary/aromatic N) is 1. The van der Waals surface area contributed by atoms with Crippen molar-refractivity contribution < 1.29 is 4.79 Å². The highest BCUT2D eigenvalue weighted by molar-refractivity contribution is 6.30. The fraction of sp³-hybridized carbons (Fsp3) is 0.143. The third kappa shape index (κ3) is 4.61. The van der Waals surface area contributed by atoms with E-state index in [1.165, 1.54) is 5.56 Å². The fourth-order valence-electron chi connectivity index (χ4n) is 2.55. The molecular formula is C21H20ClN3O. The number of benzene rings is 2. The largest absolute Gasteiger partial charge is 0.354 e. The molecule has 0 saturated carbocycles. The molecule has 1 amide bonds. The Hall–Kier alpha value is -2.85. The molecule has 5 heteroatoms. The molecule has 0 unspecified atom stereocenters. The van der Waals surface area contributed by atoms with Crippen LogP contribution < -0.4 is 10.6 Å². The molecule has 0 aliphatic rings. The molecule has 3 aromatic rings. The first-order valence-corrected chi connectivity index (χ1v) is 8.71. The Kier molecular flexibility index (Phi) is 5.54. The smallest absolute Gasteiger partial charge is 0.253 e. The minimum Gasteiger partial charge on any atom is -0.354 e. The van der Waals surface area contributed by atoms with Gasteiger partial charge in [0, 0.05) is 23.5 Å². The van der Waals surface area contributed by atoms with Gasteiger partial charge in [-0.05, 0) is 54.8 Å². The fourth-order valence-corrected chi connectivity index (χ4v) is 2.67. The molecule has 0 saturated heterocycles. The SMILES string of the molecule is Cc1ccc(C)c(Nc2cncc(C(=O)NCc3ccc(Cl)cc3)c2)c1. The van der Waals surface area contributed by atoms with Gasteiger partial charge in [0.05, 0.1) is 17.4 Å². The van der Waals surface area contributed by atoms with Crippen LogP contribution in [0.5, 0.6) is 0 Å². The van der Waals surface area contributed by atoms with Crippen molar-refractivity contribution in [2.75, 3.05) is 5.32 Å². The molecule has 0 fully saturated rings. The second-order valence-electron chi connectivity index (χ2n) is 6.21. The summed E-state index contributed by atoms with van der Waals surface area (Å²) < 4.78 is 0. The number of pyridine rings is 1.